The van der Waals surface area contributed by atoms with E-state index in [0.29, 0.717) is 42.5 Å². The highest BCUT2D eigenvalue weighted by molar-refractivity contribution is 7.92. The van der Waals surface area contributed by atoms with Crippen molar-refractivity contribution in [3.8, 4) is 11.4 Å². The minimum atomic E-state index is -3.91. The molecule has 0 fully saturated rings. The van der Waals surface area contributed by atoms with E-state index in [2.05, 4.69) is 25.5 Å². The van der Waals surface area contributed by atoms with Crippen LogP contribution >= 0.6 is 0 Å². The van der Waals surface area contributed by atoms with E-state index in [1.54, 1.807) is 30.3 Å². The van der Waals surface area contributed by atoms with E-state index in [9.17, 15) is 17.6 Å². The quantitative estimate of drug-likeness (QED) is 0.252. The first-order valence-corrected chi connectivity index (χ1v) is 13.0. The Bertz CT molecular complexity index is 1260. The number of benzene rings is 2. The highest BCUT2D eigenvalue weighted by Gasteiger charge is 2.27. The van der Waals surface area contributed by atoms with Gasteiger partial charge in [0, 0.05) is 24.2 Å². The van der Waals surface area contributed by atoms with Crippen LogP contribution in [-0.4, -0.2) is 50.8 Å². The number of alkyl halides is 1. The summed E-state index contributed by atoms with van der Waals surface area (Å²) in [5.41, 5.74) is 5.47. The largest absolute Gasteiger partial charge is 0.339 e. The predicted octanol–water partition coefficient (Wildman–Crippen LogP) is 2.95. The topological polar surface area (TPSA) is 152 Å². The molecule has 0 bridgehead atoms. The lowest BCUT2D eigenvalue weighted by atomic mass is 9.94. The Balaban J connectivity index is 1.64. The molecule has 0 spiro atoms. The van der Waals surface area contributed by atoms with Gasteiger partial charge in [0.2, 0.25) is 17.6 Å². The van der Waals surface area contributed by atoms with Crippen LogP contribution in [0, 0.1) is 5.41 Å². The van der Waals surface area contributed by atoms with Crippen molar-refractivity contribution in [3.63, 3.8) is 0 Å². The van der Waals surface area contributed by atoms with Gasteiger partial charge in [-0.05, 0) is 75.8 Å². The lowest BCUT2D eigenvalue weighted by molar-refractivity contribution is -0.124. The van der Waals surface area contributed by atoms with Crippen LogP contribution in [-0.2, 0) is 21.2 Å². The molecule has 36 heavy (non-hydrogen) atoms. The van der Waals surface area contributed by atoms with E-state index >= 15 is 0 Å². The van der Waals surface area contributed by atoms with Gasteiger partial charge in [-0.15, -0.1) is 0 Å². The number of carbonyl (C=O) groups is 1. The molecule has 0 aliphatic carbocycles. The molecule has 0 radical (unpaired) electrons. The van der Waals surface area contributed by atoms with Gasteiger partial charge in [0.1, 0.15) is 6.67 Å². The Morgan fingerprint density at radius 1 is 1.11 bits per heavy atom. The Labute approximate surface area is 209 Å². The molecule has 3 rings (SSSR count). The fourth-order valence-electron chi connectivity index (χ4n) is 3.04. The fourth-order valence-corrected chi connectivity index (χ4v) is 4.09. The van der Waals surface area contributed by atoms with Crippen LogP contribution in [0.2, 0.25) is 0 Å². The summed E-state index contributed by atoms with van der Waals surface area (Å²) in [5, 5.41) is 9.80. The molecular formula is C24H31FN6O4S. The molecule has 0 aliphatic heterocycles. The van der Waals surface area contributed by atoms with Crippen molar-refractivity contribution in [2.24, 2.45) is 11.1 Å². The highest BCUT2D eigenvalue weighted by Crippen LogP contribution is 2.24. The number of nitrogens with two attached hydrogens (primary N) is 1. The molecule has 12 heteroatoms. The van der Waals surface area contributed by atoms with E-state index in [1.165, 1.54) is 32.0 Å². The van der Waals surface area contributed by atoms with Crippen LogP contribution in [0.4, 0.5) is 15.8 Å². The number of nitrogens with one attached hydrogen (secondary N) is 3. The molecule has 1 amide bonds. The minimum Gasteiger partial charge on any atom is -0.339 e. The summed E-state index contributed by atoms with van der Waals surface area (Å²) in [4.78, 5) is 16.6. The smallest absolute Gasteiger partial charge is 0.261 e. The Morgan fingerprint density at radius 3 is 2.53 bits per heavy atom. The summed E-state index contributed by atoms with van der Waals surface area (Å²) in [6, 6.07) is 12.3. The number of rotatable bonds is 13. The van der Waals surface area contributed by atoms with Crippen molar-refractivity contribution >= 4 is 27.3 Å². The third-order valence-electron chi connectivity index (χ3n) is 5.29. The van der Waals surface area contributed by atoms with Crippen LogP contribution < -0.4 is 21.1 Å². The maximum atomic E-state index is 13.1. The number of carbonyl (C=O) groups excluding carboxylic acids is 1. The fraction of sp³-hybridized carbons (Fsp3) is 0.375. The second-order valence-electron chi connectivity index (χ2n) is 8.84. The number of aromatic nitrogens is 2. The number of nitrogens with zero attached hydrogens (tertiary/aromatic N) is 2. The summed E-state index contributed by atoms with van der Waals surface area (Å²) < 4.78 is 46.6. The lowest BCUT2D eigenvalue weighted by Gasteiger charge is -2.19. The summed E-state index contributed by atoms with van der Waals surface area (Å²) in [6.07, 6.45) is 1.46. The van der Waals surface area contributed by atoms with Crippen LogP contribution in [0.25, 0.3) is 11.4 Å². The molecule has 5 N–H and O–H groups in total. The number of sulfonamides is 1. The average molecular weight is 519 g/mol. The van der Waals surface area contributed by atoms with Crippen LogP contribution in [0.3, 0.4) is 0 Å². The van der Waals surface area contributed by atoms with E-state index in [-0.39, 0.29) is 10.6 Å². The first-order chi connectivity index (χ1) is 17.1. The summed E-state index contributed by atoms with van der Waals surface area (Å²) in [5.74, 6) is 0.335. The zero-order valence-corrected chi connectivity index (χ0v) is 21.1. The van der Waals surface area contributed by atoms with Gasteiger partial charge in [-0.3, -0.25) is 9.52 Å². The number of hydrogen-bond acceptors (Lipinski definition) is 8. The minimum absolute atomic E-state index is 0.0343. The zero-order chi connectivity index (χ0) is 26.2. The van der Waals surface area contributed by atoms with Gasteiger partial charge in [0.05, 0.1) is 16.0 Å². The normalized spacial score (nSPS) is 11.9. The van der Waals surface area contributed by atoms with Gasteiger partial charge >= 0.3 is 0 Å². The van der Waals surface area contributed by atoms with Gasteiger partial charge < -0.3 is 20.9 Å². The third kappa shape index (κ3) is 7.33. The number of halogens is 1. The molecule has 0 aliphatic rings. The molecule has 0 unspecified atom stereocenters. The Kier molecular flexibility index (Phi) is 9.13. The predicted molar refractivity (Wildman–Crippen MR) is 136 cm³/mol. The van der Waals surface area contributed by atoms with Crippen molar-refractivity contribution in [3.05, 3.63) is 54.4 Å². The summed E-state index contributed by atoms with van der Waals surface area (Å²) in [6.45, 7) is 4.27. The first-order valence-electron chi connectivity index (χ1n) is 11.5. The maximum Gasteiger partial charge on any atom is 0.261 e. The Morgan fingerprint density at radius 2 is 1.83 bits per heavy atom. The molecule has 3 aromatic rings. The summed E-state index contributed by atoms with van der Waals surface area (Å²) in [7, 11) is -3.91. The molecular weight excluding hydrogens is 487 g/mol. The van der Waals surface area contributed by atoms with E-state index in [1.807, 2.05) is 0 Å². The van der Waals surface area contributed by atoms with Gasteiger partial charge in [0.15, 0.2) is 0 Å². The van der Waals surface area contributed by atoms with Gasteiger partial charge in [-0.25, -0.2) is 12.8 Å². The van der Waals surface area contributed by atoms with Crippen molar-refractivity contribution < 1.29 is 22.1 Å². The van der Waals surface area contributed by atoms with Crippen molar-refractivity contribution in [1.29, 1.82) is 0 Å². The molecule has 1 aromatic heterocycles. The molecule has 1 heterocycles. The second-order valence-corrected chi connectivity index (χ2v) is 10.5. The lowest BCUT2D eigenvalue weighted by Crippen LogP contribution is -2.32. The SMILES string of the molecule is CC(C)(CF)C(=O)Nc1cccc(NS(=O)(=O)c2ccc(-c3noc(CCNCCCN)n3)cc2)c1. The molecule has 0 saturated carbocycles. The van der Waals surface area contributed by atoms with Crippen molar-refractivity contribution in [2.45, 2.75) is 31.6 Å². The van der Waals surface area contributed by atoms with E-state index in [4.69, 9.17) is 10.3 Å². The molecule has 0 atom stereocenters. The van der Waals surface area contributed by atoms with Crippen LogP contribution in [0.15, 0.2) is 57.9 Å². The summed E-state index contributed by atoms with van der Waals surface area (Å²) >= 11 is 0. The zero-order valence-electron chi connectivity index (χ0n) is 20.3. The monoisotopic (exact) mass is 518 g/mol. The van der Waals surface area contributed by atoms with Crippen LogP contribution in [0.5, 0.6) is 0 Å². The number of anilines is 2. The standard InChI is InChI=1S/C24H31FN6O4S/c1-24(2,16-25)23(32)28-18-5-3-6-19(15-18)31-36(33,34)20-9-7-17(8-10-20)22-29-21(35-30-22)11-14-27-13-4-12-26/h3,5-10,15,27,31H,4,11-14,16,26H2,1-2H3,(H,28,32). The van der Waals surface area contributed by atoms with Gasteiger partial charge in [-0.1, -0.05) is 11.2 Å². The molecule has 10 nitrogen and oxygen atoms in total. The van der Waals surface area contributed by atoms with E-state index in [0.717, 1.165) is 13.0 Å². The van der Waals surface area contributed by atoms with Crippen molar-refractivity contribution in [1.82, 2.24) is 15.5 Å². The van der Waals surface area contributed by atoms with Gasteiger partial charge in [-0.2, -0.15) is 4.98 Å². The van der Waals surface area contributed by atoms with Gasteiger partial charge in [0.25, 0.3) is 10.0 Å². The highest BCUT2D eigenvalue weighted by atomic mass is 32.2. The average Bonchev–Trinajstić information content (AvgIpc) is 3.33. The second kappa shape index (κ2) is 12.1. The maximum absolute atomic E-state index is 13.1. The first kappa shape index (κ1) is 27.2. The number of hydrogen-bond donors (Lipinski definition) is 4. The van der Waals surface area contributed by atoms with E-state index < -0.39 is 28.0 Å². The Hall–Kier alpha value is -3.35. The van der Waals surface area contributed by atoms with Crippen molar-refractivity contribution in [2.75, 3.05) is 36.3 Å². The number of amides is 1. The molecule has 194 valence electrons. The third-order valence-corrected chi connectivity index (χ3v) is 6.68. The molecule has 2 aromatic carbocycles. The van der Waals surface area contributed by atoms with Crippen LogP contribution in [0.1, 0.15) is 26.2 Å². The molecule has 0 saturated heterocycles.